The Labute approximate surface area is 103 Å². The van der Waals surface area contributed by atoms with Gasteiger partial charge in [-0.2, -0.15) is 0 Å². The fourth-order valence-corrected chi connectivity index (χ4v) is 2.26. The molecule has 1 aliphatic carbocycles. The second-order valence-electron chi connectivity index (χ2n) is 2.73. The van der Waals surface area contributed by atoms with E-state index in [2.05, 4.69) is 0 Å². The molecule has 4 heteroatoms. The van der Waals surface area contributed by atoms with Crippen LogP contribution in [0.2, 0.25) is 0 Å². The molecule has 2 nitrogen and oxygen atoms in total. The largest absolute Gasteiger partial charge is 1.00 e. The Morgan fingerprint density at radius 3 is 2.92 bits per heavy atom. The number of carbonyl (C=O) groups is 1. The number of rotatable bonds is 0. The van der Waals surface area contributed by atoms with E-state index in [1.165, 1.54) is 0 Å². The molecule has 62 valence electrons. The van der Waals surface area contributed by atoms with Gasteiger partial charge in [-0.25, -0.2) is 0 Å². The molecule has 0 unspecified atom stereocenters. The van der Waals surface area contributed by atoms with Crippen molar-refractivity contribution >= 4 is 17.1 Å². The fraction of sp³-hybridized carbons (Fsp3) is 0.222. The number of fused-ring (bicyclic) bond motifs is 1. The first-order valence-corrected chi connectivity index (χ1v) is 4.63. The molecule has 0 saturated carbocycles. The first-order chi connectivity index (χ1) is 5.83. The molecular formula is C9H7NaO2S. The van der Waals surface area contributed by atoms with Crippen LogP contribution in [0.15, 0.2) is 23.3 Å². The third kappa shape index (κ3) is 1.89. The van der Waals surface area contributed by atoms with Crippen molar-refractivity contribution in [3.05, 3.63) is 33.7 Å². The Morgan fingerprint density at radius 2 is 2.23 bits per heavy atom. The van der Waals surface area contributed by atoms with Gasteiger partial charge >= 0.3 is 29.6 Å². The number of thiophene rings is 1. The molecule has 0 saturated heterocycles. The van der Waals surface area contributed by atoms with Crippen LogP contribution in [-0.4, -0.2) is 5.78 Å². The average molecular weight is 202 g/mol. The zero-order valence-electron chi connectivity index (χ0n) is 7.37. The van der Waals surface area contributed by atoms with Crippen LogP contribution in [0.1, 0.15) is 21.7 Å². The van der Waals surface area contributed by atoms with E-state index in [0.29, 0.717) is 18.3 Å². The minimum atomic E-state index is -0.0764. The van der Waals surface area contributed by atoms with Crippen LogP contribution in [-0.2, 0) is 6.42 Å². The Hall–Kier alpha value is -0.0900. The summed E-state index contributed by atoms with van der Waals surface area (Å²) >= 11 is 1.59. The van der Waals surface area contributed by atoms with Crippen LogP contribution in [0.3, 0.4) is 0 Å². The standard InChI is InChI=1S/C9H8O2S.Na/c10-5-6-1-2-8-7(9(6)11)3-4-12-8;/h3-5,10H,1-2H2;/q;+1/p-1/b6-5-;. The van der Waals surface area contributed by atoms with Gasteiger partial charge in [0.15, 0.2) is 5.78 Å². The Balaban J connectivity index is 0.000000845. The van der Waals surface area contributed by atoms with Crippen molar-refractivity contribution in [1.82, 2.24) is 0 Å². The summed E-state index contributed by atoms with van der Waals surface area (Å²) in [6, 6.07) is 1.80. The molecule has 1 aromatic rings. The summed E-state index contributed by atoms with van der Waals surface area (Å²) in [6.07, 6.45) is 2.13. The Morgan fingerprint density at radius 1 is 1.46 bits per heavy atom. The Bertz CT molecular complexity index is 354. The third-order valence-corrected chi connectivity index (χ3v) is 3.03. The number of aryl methyl sites for hydroxylation is 1. The summed E-state index contributed by atoms with van der Waals surface area (Å²) in [6.45, 7) is 0. The molecule has 0 bridgehead atoms. The van der Waals surface area contributed by atoms with Crippen LogP contribution in [0, 0.1) is 0 Å². The number of ketones is 1. The quantitative estimate of drug-likeness (QED) is 0.281. The van der Waals surface area contributed by atoms with Crippen LogP contribution in [0.5, 0.6) is 0 Å². The van der Waals surface area contributed by atoms with E-state index in [0.717, 1.165) is 16.9 Å². The van der Waals surface area contributed by atoms with Crippen LogP contribution >= 0.6 is 11.3 Å². The number of hydrogen-bond acceptors (Lipinski definition) is 3. The number of carbonyl (C=O) groups excluding carboxylic acids is 1. The maximum Gasteiger partial charge on any atom is 1.00 e. The normalized spacial score (nSPS) is 18.2. The average Bonchev–Trinajstić information content (AvgIpc) is 2.53. The zero-order valence-corrected chi connectivity index (χ0v) is 10.2. The molecule has 0 fully saturated rings. The van der Waals surface area contributed by atoms with Gasteiger partial charge in [-0.3, -0.25) is 4.79 Å². The molecule has 13 heavy (non-hydrogen) atoms. The van der Waals surface area contributed by atoms with E-state index in [-0.39, 0.29) is 35.3 Å². The monoisotopic (exact) mass is 202 g/mol. The first kappa shape index (κ1) is 11.0. The summed E-state index contributed by atoms with van der Waals surface area (Å²) in [7, 11) is 0. The fourth-order valence-electron chi connectivity index (χ4n) is 1.38. The van der Waals surface area contributed by atoms with Crippen LogP contribution in [0.4, 0.5) is 0 Å². The van der Waals surface area contributed by atoms with Gasteiger partial charge in [0.1, 0.15) is 0 Å². The molecule has 0 radical (unpaired) electrons. The van der Waals surface area contributed by atoms with Crippen molar-refractivity contribution in [3.63, 3.8) is 0 Å². The predicted octanol–water partition coefficient (Wildman–Crippen LogP) is -1.87. The van der Waals surface area contributed by atoms with Gasteiger partial charge < -0.3 is 5.11 Å². The smallest absolute Gasteiger partial charge is 0.878 e. The van der Waals surface area contributed by atoms with Gasteiger partial charge in [0.05, 0.1) is 0 Å². The van der Waals surface area contributed by atoms with Gasteiger partial charge in [-0.1, -0.05) is 0 Å². The van der Waals surface area contributed by atoms with Gasteiger partial charge in [-0.05, 0) is 29.9 Å². The molecule has 1 aromatic heterocycles. The van der Waals surface area contributed by atoms with Gasteiger partial charge in [-0.15, -0.1) is 17.6 Å². The molecule has 0 N–H and O–H groups in total. The minimum Gasteiger partial charge on any atom is -0.878 e. The van der Waals surface area contributed by atoms with E-state index >= 15 is 0 Å². The first-order valence-electron chi connectivity index (χ1n) is 3.75. The maximum atomic E-state index is 11.4. The maximum absolute atomic E-state index is 11.4. The van der Waals surface area contributed by atoms with Crippen molar-refractivity contribution in [2.45, 2.75) is 12.8 Å². The van der Waals surface area contributed by atoms with Crippen LogP contribution in [0.25, 0.3) is 0 Å². The number of Topliss-reactive ketones (excluding diaryl/α,β-unsaturated/α-hetero) is 1. The van der Waals surface area contributed by atoms with Crippen molar-refractivity contribution in [2.24, 2.45) is 0 Å². The second-order valence-corrected chi connectivity index (χ2v) is 3.73. The van der Waals surface area contributed by atoms with E-state index in [4.69, 9.17) is 0 Å². The van der Waals surface area contributed by atoms with Gasteiger partial charge in [0.2, 0.25) is 0 Å². The molecule has 2 rings (SSSR count). The summed E-state index contributed by atoms with van der Waals surface area (Å²) in [5.74, 6) is -0.0764. The second kappa shape index (κ2) is 4.42. The van der Waals surface area contributed by atoms with E-state index in [1.54, 1.807) is 17.4 Å². The molecule has 0 spiro atoms. The number of hydrogen-bond donors (Lipinski definition) is 0. The topological polar surface area (TPSA) is 40.1 Å². The number of allylic oxidation sites excluding steroid dienone is 1. The molecule has 0 atom stereocenters. The van der Waals surface area contributed by atoms with Crippen molar-refractivity contribution in [3.8, 4) is 0 Å². The SMILES string of the molecule is O=C1/C(=C\[O-])CCc2sccc21.[Na+]. The molecule has 0 aliphatic heterocycles. The van der Waals surface area contributed by atoms with Crippen LogP contribution < -0.4 is 34.7 Å². The third-order valence-electron chi connectivity index (χ3n) is 2.05. The minimum absolute atomic E-state index is 0. The summed E-state index contributed by atoms with van der Waals surface area (Å²) in [4.78, 5) is 12.6. The Kier molecular flexibility index (Phi) is 3.74. The molecule has 0 amide bonds. The summed E-state index contributed by atoms with van der Waals surface area (Å²) in [5, 5.41) is 12.3. The van der Waals surface area contributed by atoms with Crippen molar-refractivity contribution < 1.29 is 39.5 Å². The van der Waals surface area contributed by atoms with E-state index < -0.39 is 0 Å². The van der Waals surface area contributed by atoms with Gasteiger partial charge in [0.25, 0.3) is 0 Å². The van der Waals surface area contributed by atoms with Crippen molar-refractivity contribution in [2.75, 3.05) is 0 Å². The zero-order chi connectivity index (χ0) is 8.55. The van der Waals surface area contributed by atoms with Crippen molar-refractivity contribution in [1.29, 1.82) is 0 Å². The van der Waals surface area contributed by atoms with E-state index in [9.17, 15) is 9.90 Å². The summed E-state index contributed by atoms with van der Waals surface area (Å²) < 4.78 is 0. The van der Waals surface area contributed by atoms with E-state index in [1.807, 2.05) is 5.38 Å². The molecule has 1 aliphatic rings. The summed E-state index contributed by atoms with van der Waals surface area (Å²) in [5.41, 5.74) is 1.15. The molecule has 1 heterocycles. The molecular weight excluding hydrogens is 195 g/mol. The predicted molar refractivity (Wildman–Crippen MR) is 45.1 cm³/mol. The van der Waals surface area contributed by atoms with Gasteiger partial charge in [0, 0.05) is 10.4 Å². The molecule has 0 aromatic carbocycles.